The van der Waals surface area contributed by atoms with Gasteiger partial charge in [0.2, 0.25) is 5.91 Å². The number of carbonyl (C=O) groups excluding carboxylic acids is 2. The molecule has 0 heterocycles. The van der Waals surface area contributed by atoms with Crippen LogP contribution in [0.25, 0.3) is 0 Å². The van der Waals surface area contributed by atoms with Gasteiger partial charge >= 0.3 is 0 Å². The Bertz CT molecular complexity index is 762. The minimum atomic E-state index is -0.224. The lowest BCUT2D eigenvalue weighted by Crippen LogP contribution is -2.27. The summed E-state index contributed by atoms with van der Waals surface area (Å²) < 4.78 is 0. The third-order valence-electron chi connectivity index (χ3n) is 3.51. The number of halogens is 2. The van der Waals surface area contributed by atoms with Crippen LogP contribution in [0.2, 0.25) is 5.02 Å². The Morgan fingerprint density at radius 2 is 1.77 bits per heavy atom. The number of hydrogen-bond donors (Lipinski definition) is 3. The average Bonchev–Trinajstić information content (AvgIpc) is 2.55. The molecular weight excluding hydrogens is 373 g/mol. The van der Waals surface area contributed by atoms with E-state index in [0.717, 1.165) is 5.56 Å². The second-order valence-electron chi connectivity index (χ2n) is 6.27. The normalized spacial score (nSPS) is 10.2. The third-order valence-corrected chi connectivity index (χ3v) is 3.83. The summed E-state index contributed by atoms with van der Waals surface area (Å²) in [6.45, 7) is 4.61. The largest absolute Gasteiger partial charge is 0.399 e. The molecule has 2 amide bonds. The summed E-state index contributed by atoms with van der Waals surface area (Å²) in [5.74, 6) is -0.0362. The van der Waals surface area contributed by atoms with E-state index in [-0.39, 0.29) is 30.6 Å². The van der Waals surface area contributed by atoms with Gasteiger partial charge in [0.15, 0.2) is 0 Å². The number of rotatable bonds is 6. The lowest BCUT2D eigenvalue weighted by Gasteiger charge is -2.11. The van der Waals surface area contributed by atoms with E-state index in [1.54, 1.807) is 30.3 Å². The summed E-state index contributed by atoms with van der Waals surface area (Å²) in [6.07, 6.45) is 0.231. The monoisotopic (exact) mass is 395 g/mol. The van der Waals surface area contributed by atoms with Crippen LogP contribution in [0.4, 0.5) is 11.4 Å². The minimum absolute atomic E-state index is 0. The molecule has 0 bridgehead atoms. The number of anilines is 2. The van der Waals surface area contributed by atoms with Crippen molar-refractivity contribution < 1.29 is 9.59 Å². The van der Waals surface area contributed by atoms with Crippen molar-refractivity contribution in [1.29, 1.82) is 0 Å². The van der Waals surface area contributed by atoms with Crippen molar-refractivity contribution in [2.24, 2.45) is 5.92 Å². The first-order chi connectivity index (χ1) is 11.8. The van der Waals surface area contributed by atoms with Crippen LogP contribution in [0, 0.1) is 5.92 Å². The van der Waals surface area contributed by atoms with Crippen LogP contribution in [-0.2, 0) is 11.2 Å². The molecular formula is C19H23Cl2N3O2. The maximum Gasteiger partial charge on any atom is 0.252 e. The molecule has 0 aliphatic rings. The molecule has 0 unspecified atom stereocenters. The fourth-order valence-electron chi connectivity index (χ4n) is 2.20. The molecule has 2 aromatic rings. The van der Waals surface area contributed by atoms with E-state index >= 15 is 0 Å². The Hall–Kier alpha value is -2.24. The zero-order valence-electron chi connectivity index (χ0n) is 14.7. The fraction of sp³-hybridized carbons (Fsp3) is 0.263. The highest BCUT2D eigenvalue weighted by atomic mass is 35.5. The Kier molecular flexibility index (Phi) is 8.42. The van der Waals surface area contributed by atoms with Crippen molar-refractivity contribution >= 4 is 47.2 Å². The number of nitrogens with one attached hydrogen (secondary N) is 2. The van der Waals surface area contributed by atoms with Gasteiger partial charge in [-0.1, -0.05) is 37.6 Å². The van der Waals surface area contributed by atoms with Crippen molar-refractivity contribution in [3.8, 4) is 0 Å². The topological polar surface area (TPSA) is 84.2 Å². The summed E-state index contributed by atoms with van der Waals surface area (Å²) >= 11 is 6.17. The first-order valence-corrected chi connectivity index (χ1v) is 8.45. The van der Waals surface area contributed by atoms with Gasteiger partial charge in [0.05, 0.1) is 17.0 Å². The van der Waals surface area contributed by atoms with Gasteiger partial charge in [-0.15, -0.1) is 12.4 Å². The van der Waals surface area contributed by atoms with Crippen LogP contribution < -0.4 is 16.4 Å². The highest BCUT2D eigenvalue weighted by Crippen LogP contribution is 2.21. The van der Waals surface area contributed by atoms with E-state index < -0.39 is 0 Å². The number of carbonyl (C=O) groups is 2. The van der Waals surface area contributed by atoms with Gasteiger partial charge in [-0.3, -0.25) is 9.59 Å². The molecule has 140 valence electrons. The molecule has 0 aliphatic heterocycles. The lowest BCUT2D eigenvalue weighted by molar-refractivity contribution is -0.115. The molecule has 5 nitrogen and oxygen atoms in total. The van der Waals surface area contributed by atoms with Crippen LogP contribution in [0.3, 0.4) is 0 Å². The van der Waals surface area contributed by atoms with E-state index in [4.69, 9.17) is 17.3 Å². The van der Waals surface area contributed by atoms with Crippen molar-refractivity contribution in [2.45, 2.75) is 20.3 Å². The second-order valence-corrected chi connectivity index (χ2v) is 6.67. The molecule has 2 rings (SSSR count). The number of nitrogen functional groups attached to an aromatic ring is 1. The molecule has 26 heavy (non-hydrogen) atoms. The molecule has 4 N–H and O–H groups in total. The van der Waals surface area contributed by atoms with Gasteiger partial charge in [-0.05, 0) is 41.8 Å². The molecule has 0 saturated heterocycles. The molecule has 7 heteroatoms. The van der Waals surface area contributed by atoms with Crippen LogP contribution >= 0.6 is 24.0 Å². The smallest absolute Gasteiger partial charge is 0.252 e. The van der Waals surface area contributed by atoms with E-state index in [0.29, 0.717) is 34.4 Å². The highest BCUT2D eigenvalue weighted by molar-refractivity contribution is 6.34. The quantitative estimate of drug-likeness (QED) is 0.648. The number of benzene rings is 2. The van der Waals surface area contributed by atoms with Gasteiger partial charge < -0.3 is 16.4 Å². The minimum Gasteiger partial charge on any atom is -0.399 e. The Morgan fingerprint density at radius 3 is 2.35 bits per heavy atom. The van der Waals surface area contributed by atoms with Crippen molar-refractivity contribution in [1.82, 2.24) is 5.32 Å². The lowest BCUT2D eigenvalue weighted by atomic mass is 10.1. The highest BCUT2D eigenvalue weighted by Gasteiger charge is 2.12. The number of nitrogens with two attached hydrogens (primary N) is 1. The molecule has 0 radical (unpaired) electrons. The SMILES string of the molecule is CC(C)CNC(=O)c1ccc(NC(=O)Cc2ccc(N)cc2)cc1Cl.Cl. The maximum absolute atomic E-state index is 12.1. The molecule has 2 aromatic carbocycles. The maximum atomic E-state index is 12.1. The summed E-state index contributed by atoms with van der Waals surface area (Å²) in [7, 11) is 0. The zero-order valence-corrected chi connectivity index (χ0v) is 16.3. The van der Waals surface area contributed by atoms with Gasteiger partial charge in [0, 0.05) is 17.9 Å². The van der Waals surface area contributed by atoms with Crippen LogP contribution in [0.1, 0.15) is 29.8 Å². The predicted molar refractivity (Wildman–Crippen MR) is 109 cm³/mol. The molecule has 0 saturated carbocycles. The summed E-state index contributed by atoms with van der Waals surface area (Å²) in [6, 6.07) is 12.0. The fourth-order valence-corrected chi connectivity index (χ4v) is 2.46. The summed E-state index contributed by atoms with van der Waals surface area (Å²) in [4.78, 5) is 24.2. The average molecular weight is 396 g/mol. The predicted octanol–water partition coefficient (Wildman–Crippen LogP) is 3.91. The van der Waals surface area contributed by atoms with Gasteiger partial charge in [-0.25, -0.2) is 0 Å². The van der Waals surface area contributed by atoms with Crippen molar-refractivity contribution in [3.63, 3.8) is 0 Å². The van der Waals surface area contributed by atoms with Crippen LogP contribution in [-0.4, -0.2) is 18.4 Å². The molecule has 0 fully saturated rings. The summed E-state index contributed by atoms with van der Waals surface area (Å²) in [5, 5.41) is 5.89. The van der Waals surface area contributed by atoms with Crippen LogP contribution in [0.5, 0.6) is 0 Å². The molecule has 0 spiro atoms. The standard InChI is InChI=1S/C19H22ClN3O2.ClH/c1-12(2)11-22-19(25)16-8-7-15(10-17(16)20)23-18(24)9-13-3-5-14(21)6-4-13;/h3-8,10,12H,9,11,21H2,1-2H3,(H,22,25)(H,23,24);1H. The zero-order chi connectivity index (χ0) is 18.4. The van der Waals surface area contributed by atoms with Crippen LogP contribution in [0.15, 0.2) is 42.5 Å². The first kappa shape index (κ1) is 21.8. The Labute approximate surface area is 164 Å². The van der Waals surface area contributed by atoms with Gasteiger partial charge in [-0.2, -0.15) is 0 Å². The summed E-state index contributed by atoms with van der Waals surface area (Å²) in [5.41, 5.74) is 8.08. The second kappa shape index (κ2) is 10.0. The number of hydrogen-bond acceptors (Lipinski definition) is 3. The number of amides is 2. The van der Waals surface area contributed by atoms with E-state index in [1.807, 2.05) is 26.0 Å². The van der Waals surface area contributed by atoms with E-state index in [1.165, 1.54) is 0 Å². The first-order valence-electron chi connectivity index (χ1n) is 8.07. The van der Waals surface area contributed by atoms with E-state index in [2.05, 4.69) is 10.6 Å². The molecule has 0 aliphatic carbocycles. The Balaban J connectivity index is 0.00000338. The van der Waals surface area contributed by atoms with Crippen molar-refractivity contribution in [3.05, 3.63) is 58.6 Å². The molecule has 0 atom stereocenters. The van der Waals surface area contributed by atoms with Gasteiger partial charge in [0.1, 0.15) is 0 Å². The third kappa shape index (κ3) is 6.58. The van der Waals surface area contributed by atoms with Gasteiger partial charge in [0.25, 0.3) is 5.91 Å². The van der Waals surface area contributed by atoms with Crippen molar-refractivity contribution in [2.75, 3.05) is 17.6 Å². The Morgan fingerprint density at radius 1 is 1.12 bits per heavy atom. The van der Waals surface area contributed by atoms with E-state index in [9.17, 15) is 9.59 Å². The molecule has 0 aromatic heterocycles.